The van der Waals surface area contributed by atoms with Crippen LogP contribution in [0.15, 0.2) is 41.0 Å². The second-order valence-corrected chi connectivity index (χ2v) is 14.3. The number of aryl methyl sites for hydroxylation is 1. The molecule has 43 heavy (non-hydrogen) atoms. The van der Waals surface area contributed by atoms with E-state index >= 15 is 0 Å². The lowest BCUT2D eigenvalue weighted by atomic mass is 9.63. The van der Waals surface area contributed by atoms with Gasteiger partial charge in [-0.25, -0.2) is 8.78 Å². The van der Waals surface area contributed by atoms with Crippen molar-refractivity contribution in [2.24, 2.45) is 10.8 Å². The van der Waals surface area contributed by atoms with Crippen molar-refractivity contribution in [3.8, 4) is 11.3 Å². The van der Waals surface area contributed by atoms with Crippen LogP contribution in [0.1, 0.15) is 70.5 Å². The van der Waals surface area contributed by atoms with Gasteiger partial charge in [0, 0.05) is 31.6 Å². The molecule has 1 saturated carbocycles. The minimum Gasteiger partial charge on any atom is -0.396 e. The zero-order valence-electron chi connectivity index (χ0n) is 25.3. The fraction of sp³-hybridized carbons (Fsp3) is 0.500. The van der Waals surface area contributed by atoms with Crippen LogP contribution in [0.2, 0.25) is 0 Å². The molecular weight excluding hydrogens is 618 g/mol. The summed E-state index contributed by atoms with van der Waals surface area (Å²) >= 11 is 2.85. The van der Waals surface area contributed by atoms with Gasteiger partial charge < -0.3 is 15.5 Å². The van der Waals surface area contributed by atoms with E-state index in [1.165, 1.54) is 10.9 Å². The Morgan fingerprint density at radius 2 is 1.81 bits per heavy atom. The van der Waals surface area contributed by atoms with Crippen molar-refractivity contribution >= 4 is 33.4 Å². The summed E-state index contributed by atoms with van der Waals surface area (Å²) in [5.74, 6) is -1.97. The number of nitrogens with zero attached hydrogens (tertiary/aromatic N) is 5. The molecule has 0 bridgehead atoms. The Labute approximate surface area is 259 Å². The highest BCUT2D eigenvalue weighted by molar-refractivity contribution is 9.10. The lowest BCUT2D eigenvalue weighted by molar-refractivity contribution is -0.149. The van der Waals surface area contributed by atoms with E-state index in [0.29, 0.717) is 13.0 Å². The van der Waals surface area contributed by atoms with E-state index in [2.05, 4.69) is 53.9 Å². The molecule has 230 valence electrons. The molecule has 1 atom stereocenters. The number of carbonyl (C=O) groups is 2. The van der Waals surface area contributed by atoms with Crippen LogP contribution in [0.25, 0.3) is 11.3 Å². The lowest BCUT2D eigenvalue weighted by Crippen LogP contribution is -2.52. The van der Waals surface area contributed by atoms with Gasteiger partial charge in [0.1, 0.15) is 17.6 Å². The van der Waals surface area contributed by atoms with E-state index in [9.17, 15) is 18.4 Å². The van der Waals surface area contributed by atoms with Gasteiger partial charge in [0.05, 0.1) is 22.9 Å². The summed E-state index contributed by atoms with van der Waals surface area (Å²) in [6, 6.07) is 8.31. The summed E-state index contributed by atoms with van der Waals surface area (Å²) in [6.07, 6.45) is 5.14. The molecule has 11 heteroatoms. The van der Waals surface area contributed by atoms with Gasteiger partial charge in [-0.1, -0.05) is 57.2 Å². The number of nitrogen functional groups attached to an aromatic ring is 1. The average Bonchev–Trinajstić information content (AvgIpc) is 3.42. The van der Waals surface area contributed by atoms with Gasteiger partial charge in [-0.3, -0.25) is 14.3 Å². The molecule has 2 N–H and O–H groups in total. The number of rotatable bonds is 6. The van der Waals surface area contributed by atoms with Crippen LogP contribution < -0.4 is 5.73 Å². The van der Waals surface area contributed by atoms with E-state index < -0.39 is 17.7 Å². The molecule has 1 aromatic heterocycles. The molecule has 5 rings (SSSR count). The van der Waals surface area contributed by atoms with Crippen molar-refractivity contribution in [2.75, 3.05) is 19.3 Å². The number of amides is 2. The Morgan fingerprint density at radius 3 is 2.51 bits per heavy atom. The zero-order valence-corrected chi connectivity index (χ0v) is 26.9. The number of halogens is 3. The molecule has 1 fully saturated rings. The molecule has 2 heterocycles. The van der Waals surface area contributed by atoms with Crippen LogP contribution in [0.5, 0.6) is 0 Å². The molecule has 1 unspecified atom stereocenters. The fourth-order valence-electron chi connectivity index (χ4n) is 7.24. The highest BCUT2D eigenvalue weighted by Crippen LogP contribution is 2.47. The maximum Gasteiger partial charge on any atom is 0.250 e. The predicted molar refractivity (Wildman–Crippen MR) is 165 cm³/mol. The molecule has 1 aliphatic heterocycles. The van der Waals surface area contributed by atoms with Crippen molar-refractivity contribution in [1.29, 1.82) is 0 Å². The summed E-state index contributed by atoms with van der Waals surface area (Å²) in [4.78, 5) is 31.6. The van der Waals surface area contributed by atoms with Crippen LogP contribution in [0.4, 0.5) is 14.5 Å². The number of hydrogen-bond acceptors (Lipinski definition) is 5. The van der Waals surface area contributed by atoms with Gasteiger partial charge in [-0.15, -0.1) is 5.10 Å². The number of likely N-dealkylation sites (N-methyl/N-ethyl adjacent to an activating group) is 1. The van der Waals surface area contributed by atoms with Crippen LogP contribution >= 0.6 is 15.9 Å². The first-order chi connectivity index (χ1) is 20.2. The van der Waals surface area contributed by atoms with E-state index in [0.717, 1.165) is 36.5 Å². The number of anilines is 1. The quantitative estimate of drug-likeness (QED) is 0.254. The Hall–Kier alpha value is -3.34. The highest BCUT2D eigenvalue weighted by Gasteiger charge is 2.44. The first-order valence-electron chi connectivity index (χ1n) is 14.6. The summed E-state index contributed by atoms with van der Waals surface area (Å²) in [5, 5.41) is 8.07. The lowest BCUT2D eigenvalue weighted by Gasteiger charge is -2.49. The molecule has 0 radical (unpaired) electrons. The number of hydrogen-bond donors (Lipinski definition) is 1. The second kappa shape index (κ2) is 11.6. The molecule has 2 amide bonds. The number of aromatic nitrogens is 3. The average molecular weight is 658 g/mol. The third-order valence-corrected chi connectivity index (χ3v) is 9.56. The van der Waals surface area contributed by atoms with Gasteiger partial charge in [0.2, 0.25) is 11.8 Å². The van der Waals surface area contributed by atoms with Gasteiger partial charge in [0.15, 0.2) is 5.82 Å². The van der Waals surface area contributed by atoms with E-state index in [1.54, 1.807) is 4.90 Å². The minimum absolute atomic E-state index is 0.0699. The maximum atomic E-state index is 14.3. The van der Waals surface area contributed by atoms with Crippen molar-refractivity contribution in [3.05, 3.63) is 63.8 Å². The summed E-state index contributed by atoms with van der Waals surface area (Å²) < 4.78 is 29.6. The first-order valence-corrected chi connectivity index (χ1v) is 15.4. The zero-order chi connectivity index (χ0) is 31.3. The summed E-state index contributed by atoms with van der Waals surface area (Å²) in [6.45, 7) is 9.65. The summed E-state index contributed by atoms with van der Waals surface area (Å²) in [7, 11) is 1.88. The third-order valence-electron chi connectivity index (χ3n) is 8.84. The molecule has 3 aromatic rings. The first kappa shape index (κ1) is 31.1. The van der Waals surface area contributed by atoms with E-state index in [-0.39, 0.29) is 63.1 Å². The van der Waals surface area contributed by atoms with Crippen molar-refractivity contribution in [2.45, 2.75) is 78.4 Å². The maximum absolute atomic E-state index is 14.3. The molecule has 1 aliphatic carbocycles. The summed E-state index contributed by atoms with van der Waals surface area (Å²) in [5.41, 5.74) is 8.03. The Morgan fingerprint density at radius 1 is 1.14 bits per heavy atom. The van der Waals surface area contributed by atoms with Gasteiger partial charge in [0.25, 0.3) is 0 Å². The number of fused-ring (bicyclic) bond motifs is 1. The van der Waals surface area contributed by atoms with Crippen LogP contribution in [0.3, 0.4) is 0 Å². The Balaban J connectivity index is 1.35. The molecule has 0 saturated heterocycles. The van der Waals surface area contributed by atoms with Crippen molar-refractivity contribution < 1.29 is 18.4 Å². The normalized spacial score (nSPS) is 19.6. The monoisotopic (exact) mass is 656 g/mol. The van der Waals surface area contributed by atoms with Gasteiger partial charge in [-0.05, 0) is 69.6 Å². The molecule has 8 nitrogen and oxygen atoms in total. The fourth-order valence-corrected chi connectivity index (χ4v) is 7.57. The van der Waals surface area contributed by atoms with Crippen LogP contribution in [0, 0.1) is 22.5 Å². The highest BCUT2D eigenvalue weighted by atomic mass is 79.9. The number of nitrogens with two attached hydrogens (primary N) is 1. The van der Waals surface area contributed by atoms with E-state index in [4.69, 9.17) is 5.73 Å². The molecule has 2 aromatic carbocycles. The number of benzene rings is 2. The molecule has 2 aliphatic rings. The Bertz CT molecular complexity index is 1540. The van der Waals surface area contributed by atoms with Crippen LogP contribution in [-0.4, -0.2) is 56.2 Å². The molecule has 0 spiro atoms. The molecular formula is C32H39BrF2N6O2. The smallest absolute Gasteiger partial charge is 0.250 e. The topological polar surface area (TPSA) is 97.4 Å². The second-order valence-electron chi connectivity index (χ2n) is 13.5. The largest absolute Gasteiger partial charge is 0.396 e. The van der Waals surface area contributed by atoms with Gasteiger partial charge in [-0.2, -0.15) is 0 Å². The minimum atomic E-state index is -0.911. The number of carbonyl (C=O) groups excluding carboxylic acids is 2. The third kappa shape index (κ3) is 6.32. The predicted octanol–water partition coefficient (Wildman–Crippen LogP) is 6.15. The van der Waals surface area contributed by atoms with Crippen LogP contribution in [-0.2, 0) is 22.6 Å². The van der Waals surface area contributed by atoms with Gasteiger partial charge >= 0.3 is 0 Å². The van der Waals surface area contributed by atoms with Crippen molar-refractivity contribution in [3.63, 3.8) is 0 Å². The van der Waals surface area contributed by atoms with Crippen molar-refractivity contribution in [1.82, 2.24) is 24.8 Å². The Kier molecular flexibility index (Phi) is 8.41. The SMILES string of the molecule is CN(C(=O)C1c2ccccc2CCN1C(=O)CCn1cc(-c2cc(F)c(Br)c(F)c2N)nn1)C1CC(C)(C)CC(C)(C)C1. The standard InChI is InChI=1S/C32H39BrF2N6O2/c1-31(2)15-20(16-32(3,4)18-31)39(5)30(43)29-21-9-7-6-8-19(21)10-13-41(29)25(42)11-12-40-17-24(37-38-40)22-14-23(34)26(33)27(35)28(22)36/h6-9,14,17,20,29H,10-13,15-16,18,36H2,1-5H3. The van der Waals surface area contributed by atoms with E-state index in [1.807, 2.05) is 36.2 Å².